The van der Waals surface area contributed by atoms with Gasteiger partial charge in [0.15, 0.2) is 0 Å². The van der Waals surface area contributed by atoms with Crippen LogP contribution in [0.1, 0.15) is 58.3 Å². The van der Waals surface area contributed by atoms with Crippen LogP contribution in [0.4, 0.5) is 0 Å². The summed E-state index contributed by atoms with van der Waals surface area (Å²) in [4.78, 5) is 2.60. The van der Waals surface area contributed by atoms with Gasteiger partial charge in [0, 0.05) is 12.1 Å². The van der Waals surface area contributed by atoms with Gasteiger partial charge < -0.3 is 10.2 Å². The minimum Gasteiger partial charge on any atom is -0.317 e. The van der Waals surface area contributed by atoms with Crippen LogP contribution >= 0.6 is 0 Å². The van der Waals surface area contributed by atoms with Gasteiger partial charge in [-0.25, -0.2) is 0 Å². The van der Waals surface area contributed by atoms with Gasteiger partial charge in [-0.1, -0.05) is 25.7 Å². The van der Waals surface area contributed by atoms with Crippen molar-refractivity contribution in [2.45, 2.75) is 70.4 Å². The minimum absolute atomic E-state index is 0.669. The third kappa shape index (κ3) is 5.31. The molecular formula is C14H30N2. The highest BCUT2D eigenvalue weighted by molar-refractivity contribution is 4.72. The van der Waals surface area contributed by atoms with Crippen molar-refractivity contribution >= 4 is 0 Å². The number of rotatable bonds is 6. The minimum atomic E-state index is 0.669. The molecule has 16 heavy (non-hydrogen) atoms. The Morgan fingerprint density at radius 3 is 2.38 bits per heavy atom. The molecule has 0 bridgehead atoms. The SMILES string of the molecule is CNC(C)CCCN(C)C1CCCCCC1. The van der Waals surface area contributed by atoms with Gasteiger partial charge in [0.1, 0.15) is 0 Å². The van der Waals surface area contributed by atoms with Crippen molar-refractivity contribution in [1.82, 2.24) is 10.2 Å². The van der Waals surface area contributed by atoms with Crippen LogP contribution in [0.3, 0.4) is 0 Å². The lowest BCUT2D eigenvalue weighted by Gasteiger charge is -2.27. The molecule has 1 aliphatic carbocycles. The van der Waals surface area contributed by atoms with Crippen molar-refractivity contribution < 1.29 is 0 Å². The Bertz CT molecular complexity index is 162. The summed E-state index contributed by atoms with van der Waals surface area (Å²) in [6, 6.07) is 1.54. The van der Waals surface area contributed by atoms with Gasteiger partial charge in [-0.2, -0.15) is 0 Å². The molecule has 1 rings (SSSR count). The van der Waals surface area contributed by atoms with Crippen LogP contribution in [0.15, 0.2) is 0 Å². The third-order valence-electron chi connectivity index (χ3n) is 4.09. The molecule has 1 aliphatic rings. The first-order valence-electron chi connectivity index (χ1n) is 7.11. The first-order chi connectivity index (χ1) is 7.74. The predicted octanol–water partition coefficient (Wildman–Crippen LogP) is 3.03. The van der Waals surface area contributed by atoms with E-state index in [2.05, 4.69) is 31.2 Å². The molecule has 1 fully saturated rings. The molecule has 2 heteroatoms. The summed E-state index contributed by atoms with van der Waals surface area (Å²) in [6.45, 7) is 3.54. The molecule has 0 aromatic rings. The Morgan fingerprint density at radius 2 is 1.81 bits per heavy atom. The molecule has 0 radical (unpaired) electrons. The molecule has 1 atom stereocenters. The summed E-state index contributed by atoms with van der Waals surface area (Å²) in [5, 5.41) is 3.31. The topological polar surface area (TPSA) is 15.3 Å². The quantitative estimate of drug-likeness (QED) is 0.700. The Balaban J connectivity index is 2.14. The van der Waals surface area contributed by atoms with Crippen molar-refractivity contribution in [2.24, 2.45) is 0 Å². The molecule has 0 aromatic heterocycles. The monoisotopic (exact) mass is 226 g/mol. The van der Waals surface area contributed by atoms with E-state index in [0.717, 1.165) is 6.04 Å². The molecule has 0 saturated heterocycles. The zero-order valence-electron chi connectivity index (χ0n) is 11.5. The van der Waals surface area contributed by atoms with E-state index in [1.54, 1.807) is 0 Å². The van der Waals surface area contributed by atoms with Gasteiger partial charge in [0.2, 0.25) is 0 Å². The van der Waals surface area contributed by atoms with Crippen LogP contribution in [-0.2, 0) is 0 Å². The smallest absolute Gasteiger partial charge is 0.00922 e. The van der Waals surface area contributed by atoms with E-state index >= 15 is 0 Å². The first kappa shape index (κ1) is 14.0. The van der Waals surface area contributed by atoms with Crippen LogP contribution in [0.25, 0.3) is 0 Å². The van der Waals surface area contributed by atoms with Gasteiger partial charge in [-0.05, 0) is 53.2 Å². The number of nitrogens with one attached hydrogen (secondary N) is 1. The number of nitrogens with zero attached hydrogens (tertiary/aromatic N) is 1. The van der Waals surface area contributed by atoms with E-state index in [9.17, 15) is 0 Å². The highest BCUT2D eigenvalue weighted by Gasteiger charge is 2.16. The van der Waals surface area contributed by atoms with Crippen molar-refractivity contribution in [2.75, 3.05) is 20.6 Å². The van der Waals surface area contributed by atoms with Crippen molar-refractivity contribution in [1.29, 1.82) is 0 Å². The summed E-state index contributed by atoms with van der Waals surface area (Å²) >= 11 is 0. The van der Waals surface area contributed by atoms with Gasteiger partial charge in [-0.15, -0.1) is 0 Å². The average Bonchev–Trinajstić information content (AvgIpc) is 2.57. The summed E-state index contributed by atoms with van der Waals surface area (Å²) in [5.41, 5.74) is 0. The molecule has 2 nitrogen and oxygen atoms in total. The fourth-order valence-corrected chi connectivity index (χ4v) is 2.67. The third-order valence-corrected chi connectivity index (χ3v) is 4.09. The lowest BCUT2D eigenvalue weighted by Crippen LogP contribution is -2.33. The average molecular weight is 226 g/mol. The largest absolute Gasteiger partial charge is 0.317 e. The zero-order valence-corrected chi connectivity index (χ0v) is 11.5. The molecule has 0 aromatic carbocycles. The van der Waals surface area contributed by atoms with Gasteiger partial charge in [-0.3, -0.25) is 0 Å². The molecule has 1 unspecified atom stereocenters. The van der Waals surface area contributed by atoms with Crippen molar-refractivity contribution in [3.63, 3.8) is 0 Å². The maximum atomic E-state index is 3.31. The highest BCUT2D eigenvalue weighted by Crippen LogP contribution is 2.21. The summed E-state index contributed by atoms with van der Waals surface area (Å²) < 4.78 is 0. The van der Waals surface area contributed by atoms with Crippen LogP contribution in [0.2, 0.25) is 0 Å². The summed E-state index contributed by atoms with van der Waals surface area (Å²) in [6.07, 6.45) is 11.3. The Hall–Kier alpha value is -0.0800. The number of hydrogen-bond acceptors (Lipinski definition) is 2. The van der Waals surface area contributed by atoms with E-state index in [1.165, 1.54) is 57.9 Å². The lowest BCUT2D eigenvalue weighted by atomic mass is 10.1. The van der Waals surface area contributed by atoms with Crippen LogP contribution in [0.5, 0.6) is 0 Å². The molecule has 0 aliphatic heterocycles. The Kier molecular flexibility index (Phi) is 7.06. The normalized spacial score (nSPS) is 21.0. The van der Waals surface area contributed by atoms with Crippen molar-refractivity contribution in [3.8, 4) is 0 Å². The maximum Gasteiger partial charge on any atom is 0.00922 e. The molecule has 1 N–H and O–H groups in total. The molecule has 0 heterocycles. The van der Waals surface area contributed by atoms with E-state index in [0.29, 0.717) is 6.04 Å². The lowest BCUT2D eigenvalue weighted by molar-refractivity contribution is 0.215. The molecule has 0 spiro atoms. The van der Waals surface area contributed by atoms with Crippen LogP contribution in [-0.4, -0.2) is 37.6 Å². The molecule has 0 amide bonds. The molecular weight excluding hydrogens is 196 g/mol. The second-order valence-electron chi connectivity index (χ2n) is 5.46. The van der Waals surface area contributed by atoms with Crippen molar-refractivity contribution in [3.05, 3.63) is 0 Å². The van der Waals surface area contributed by atoms with Crippen LogP contribution in [0, 0.1) is 0 Å². The first-order valence-corrected chi connectivity index (χ1v) is 7.11. The van der Waals surface area contributed by atoms with E-state index < -0.39 is 0 Å². The fraction of sp³-hybridized carbons (Fsp3) is 1.00. The van der Waals surface area contributed by atoms with Gasteiger partial charge in [0.25, 0.3) is 0 Å². The second-order valence-corrected chi connectivity index (χ2v) is 5.46. The molecule has 96 valence electrons. The van der Waals surface area contributed by atoms with E-state index in [-0.39, 0.29) is 0 Å². The zero-order chi connectivity index (χ0) is 11.8. The molecule has 1 saturated carbocycles. The van der Waals surface area contributed by atoms with E-state index in [4.69, 9.17) is 0 Å². The van der Waals surface area contributed by atoms with Gasteiger partial charge >= 0.3 is 0 Å². The Labute approximate surface area is 102 Å². The summed E-state index contributed by atoms with van der Waals surface area (Å²) in [5.74, 6) is 0. The fourth-order valence-electron chi connectivity index (χ4n) is 2.67. The number of hydrogen-bond donors (Lipinski definition) is 1. The van der Waals surface area contributed by atoms with E-state index in [1.807, 2.05) is 0 Å². The maximum absolute atomic E-state index is 3.31. The predicted molar refractivity (Wildman–Crippen MR) is 71.9 cm³/mol. The second kappa shape index (κ2) is 8.08. The Morgan fingerprint density at radius 1 is 1.19 bits per heavy atom. The van der Waals surface area contributed by atoms with Crippen LogP contribution < -0.4 is 5.32 Å². The highest BCUT2D eigenvalue weighted by atomic mass is 15.1. The van der Waals surface area contributed by atoms with Gasteiger partial charge in [0.05, 0.1) is 0 Å². The standard InChI is InChI=1S/C14H30N2/c1-13(15-2)9-8-12-16(3)14-10-6-4-5-7-11-14/h13-15H,4-12H2,1-3H3. The summed E-state index contributed by atoms with van der Waals surface area (Å²) in [7, 11) is 4.37.